The van der Waals surface area contributed by atoms with Crippen molar-refractivity contribution < 1.29 is 14.5 Å². The molecule has 0 spiro atoms. The number of halogens is 1. The fourth-order valence-electron chi connectivity index (χ4n) is 0.969. The lowest BCUT2D eigenvalue weighted by Crippen LogP contribution is -2.16. The normalized spacial score (nSPS) is 10.0. The maximum atomic E-state index is 11.1. The van der Waals surface area contributed by atoms with Gasteiger partial charge in [-0.25, -0.2) is 4.79 Å². The molecule has 0 aliphatic carbocycles. The van der Waals surface area contributed by atoms with E-state index in [0.29, 0.717) is 3.70 Å². The van der Waals surface area contributed by atoms with Crippen molar-refractivity contribution in [3.05, 3.63) is 19.9 Å². The molecule has 0 N–H and O–H groups in total. The average Bonchev–Trinajstić information content (AvgIpc) is 2.47. The third-order valence-corrected chi connectivity index (χ3v) is 2.03. The second-order valence-corrected chi connectivity index (χ2v) is 3.65. The molecule has 7 nitrogen and oxygen atoms in total. The number of nitro groups is 1. The van der Waals surface area contributed by atoms with E-state index in [4.69, 9.17) is 0 Å². The molecular weight excluding hydrogens is 317 g/mol. The number of ether oxygens (including phenoxy) is 1. The molecule has 0 unspecified atom stereocenters. The Labute approximate surface area is 98.7 Å². The number of carbonyl (C=O) groups excluding carboxylic acids is 1. The molecule has 0 atom stereocenters. The highest BCUT2D eigenvalue weighted by atomic mass is 127. The summed E-state index contributed by atoms with van der Waals surface area (Å²) in [5.74, 6) is -0.757. The maximum absolute atomic E-state index is 11.1. The molecule has 0 saturated heterocycles. The van der Waals surface area contributed by atoms with Gasteiger partial charge in [-0.05, 0) is 34.4 Å². The van der Waals surface area contributed by atoms with Crippen molar-refractivity contribution in [3.8, 4) is 0 Å². The van der Waals surface area contributed by atoms with Gasteiger partial charge in [-0.3, -0.25) is 0 Å². The van der Waals surface area contributed by atoms with Crippen LogP contribution in [0.2, 0.25) is 0 Å². The zero-order chi connectivity index (χ0) is 11.4. The fourth-order valence-corrected chi connectivity index (χ4v) is 1.51. The first-order valence-corrected chi connectivity index (χ1v) is 5.15. The number of esters is 1. The summed E-state index contributed by atoms with van der Waals surface area (Å²) in [5, 5.41) is 14.4. The SMILES string of the molecule is CCOC(=O)Cn1nc(I)cc1[N+](=O)[O-]. The minimum atomic E-state index is -0.589. The number of hydrogen-bond donors (Lipinski definition) is 0. The molecule has 0 aromatic carbocycles. The van der Waals surface area contributed by atoms with Crippen molar-refractivity contribution in [2.24, 2.45) is 0 Å². The quantitative estimate of drug-likeness (QED) is 0.356. The molecule has 8 heteroatoms. The van der Waals surface area contributed by atoms with Crippen LogP contribution in [0.3, 0.4) is 0 Å². The molecule has 1 aromatic heterocycles. The molecule has 0 bridgehead atoms. The molecule has 0 radical (unpaired) electrons. The predicted molar refractivity (Wildman–Crippen MR) is 58.2 cm³/mol. The summed E-state index contributed by atoms with van der Waals surface area (Å²) >= 11 is 1.84. The number of hydrogen-bond acceptors (Lipinski definition) is 5. The van der Waals surface area contributed by atoms with Gasteiger partial charge in [-0.2, -0.15) is 0 Å². The standard InChI is InChI=1S/C7H8IN3O4/c1-2-15-7(12)4-10-6(11(13)14)3-5(8)9-10/h3H,2,4H2,1H3. The summed E-state index contributed by atoms with van der Waals surface area (Å²) in [6, 6.07) is 1.29. The van der Waals surface area contributed by atoms with Gasteiger partial charge in [0.05, 0.1) is 12.7 Å². The highest BCUT2D eigenvalue weighted by Gasteiger charge is 2.20. The van der Waals surface area contributed by atoms with Crippen LogP contribution < -0.4 is 0 Å². The first-order chi connectivity index (χ1) is 7.04. The van der Waals surface area contributed by atoms with Gasteiger partial charge in [0.15, 0.2) is 3.70 Å². The van der Waals surface area contributed by atoms with Crippen LogP contribution in [0, 0.1) is 13.8 Å². The molecule has 0 amide bonds. The molecule has 0 aliphatic rings. The summed E-state index contributed by atoms with van der Waals surface area (Å²) in [6.45, 7) is 1.66. The van der Waals surface area contributed by atoms with Crippen LogP contribution in [0.5, 0.6) is 0 Å². The van der Waals surface area contributed by atoms with E-state index in [2.05, 4.69) is 9.84 Å². The van der Waals surface area contributed by atoms with E-state index < -0.39 is 10.9 Å². The van der Waals surface area contributed by atoms with E-state index in [1.54, 1.807) is 6.92 Å². The minimum Gasteiger partial charge on any atom is -0.463 e. The Morgan fingerprint density at radius 2 is 2.47 bits per heavy atom. The monoisotopic (exact) mass is 325 g/mol. The van der Waals surface area contributed by atoms with E-state index in [0.717, 1.165) is 4.68 Å². The Kier molecular flexibility index (Phi) is 4.00. The lowest BCUT2D eigenvalue weighted by Gasteiger charge is -1.99. The first kappa shape index (κ1) is 11.9. The maximum Gasteiger partial charge on any atom is 0.350 e. The lowest BCUT2D eigenvalue weighted by molar-refractivity contribution is -0.392. The van der Waals surface area contributed by atoms with Gasteiger partial charge < -0.3 is 14.9 Å². The van der Waals surface area contributed by atoms with Crippen molar-refractivity contribution in [2.45, 2.75) is 13.5 Å². The van der Waals surface area contributed by atoms with E-state index in [1.807, 2.05) is 22.6 Å². The lowest BCUT2D eigenvalue weighted by atomic mass is 10.6. The van der Waals surface area contributed by atoms with Crippen LogP contribution in [0.4, 0.5) is 5.82 Å². The highest BCUT2D eigenvalue weighted by Crippen LogP contribution is 2.14. The first-order valence-electron chi connectivity index (χ1n) is 4.08. The Balaban J connectivity index is 2.84. The number of rotatable bonds is 4. The van der Waals surface area contributed by atoms with Crippen molar-refractivity contribution in [3.63, 3.8) is 0 Å². The molecular formula is C7H8IN3O4. The molecule has 15 heavy (non-hydrogen) atoms. The van der Waals surface area contributed by atoms with Crippen LogP contribution >= 0.6 is 22.6 Å². The van der Waals surface area contributed by atoms with Crippen molar-refractivity contribution in [1.82, 2.24) is 9.78 Å². The zero-order valence-corrected chi connectivity index (χ0v) is 10.0. The van der Waals surface area contributed by atoms with Gasteiger partial charge in [0.2, 0.25) is 6.54 Å². The molecule has 0 saturated carbocycles. The summed E-state index contributed by atoms with van der Waals surface area (Å²) in [5.41, 5.74) is 0. The second kappa shape index (κ2) is 5.05. The summed E-state index contributed by atoms with van der Waals surface area (Å²) in [4.78, 5) is 21.1. The number of aromatic nitrogens is 2. The molecule has 82 valence electrons. The molecule has 1 aromatic rings. The van der Waals surface area contributed by atoms with Crippen LogP contribution in [-0.4, -0.2) is 27.3 Å². The third-order valence-electron chi connectivity index (χ3n) is 1.50. The topological polar surface area (TPSA) is 87.3 Å². The fraction of sp³-hybridized carbons (Fsp3) is 0.429. The van der Waals surface area contributed by atoms with Crippen LogP contribution in [-0.2, 0) is 16.1 Å². The van der Waals surface area contributed by atoms with Crippen LogP contribution in [0.1, 0.15) is 6.92 Å². The van der Waals surface area contributed by atoms with E-state index in [9.17, 15) is 14.9 Å². The van der Waals surface area contributed by atoms with E-state index in [1.165, 1.54) is 6.07 Å². The number of nitrogens with zero attached hydrogens (tertiary/aromatic N) is 3. The largest absolute Gasteiger partial charge is 0.463 e. The summed E-state index contributed by atoms with van der Waals surface area (Å²) in [6.07, 6.45) is 0. The number of carbonyl (C=O) groups is 1. The Bertz CT molecular complexity index is 390. The van der Waals surface area contributed by atoms with E-state index in [-0.39, 0.29) is 19.0 Å². The Hall–Kier alpha value is -1.19. The van der Waals surface area contributed by atoms with Crippen LogP contribution in [0.25, 0.3) is 0 Å². The van der Waals surface area contributed by atoms with Crippen molar-refractivity contribution >= 4 is 34.4 Å². The van der Waals surface area contributed by atoms with Gasteiger partial charge in [0.1, 0.15) is 0 Å². The second-order valence-electron chi connectivity index (χ2n) is 2.55. The summed E-state index contributed by atoms with van der Waals surface area (Å²) in [7, 11) is 0. The average molecular weight is 325 g/mol. The minimum absolute atomic E-state index is 0.215. The predicted octanol–water partition coefficient (Wildman–Crippen LogP) is 0.959. The van der Waals surface area contributed by atoms with Gasteiger partial charge >= 0.3 is 11.8 Å². The van der Waals surface area contributed by atoms with Gasteiger partial charge in [-0.1, -0.05) is 5.10 Å². The smallest absolute Gasteiger partial charge is 0.350 e. The van der Waals surface area contributed by atoms with Crippen molar-refractivity contribution in [2.75, 3.05) is 6.61 Å². The van der Waals surface area contributed by atoms with Gasteiger partial charge in [0.25, 0.3) is 0 Å². The summed E-state index contributed by atoms with van der Waals surface area (Å²) < 4.78 is 6.14. The van der Waals surface area contributed by atoms with Crippen molar-refractivity contribution in [1.29, 1.82) is 0 Å². The molecule has 1 heterocycles. The molecule has 0 fully saturated rings. The zero-order valence-electron chi connectivity index (χ0n) is 7.84. The Morgan fingerprint density at radius 1 is 1.80 bits per heavy atom. The van der Waals surface area contributed by atoms with Gasteiger partial charge in [0, 0.05) is 0 Å². The molecule has 1 rings (SSSR count). The van der Waals surface area contributed by atoms with E-state index >= 15 is 0 Å². The highest BCUT2D eigenvalue weighted by molar-refractivity contribution is 14.1. The Morgan fingerprint density at radius 3 is 3.00 bits per heavy atom. The molecule has 0 aliphatic heterocycles. The third kappa shape index (κ3) is 3.15. The van der Waals surface area contributed by atoms with Gasteiger partial charge in [-0.15, -0.1) is 4.68 Å². The van der Waals surface area contributed by atoms with Crippen LogP contribution in [0.15, 0.2) is 6.07 Å².